The van der Waals surface area contributed by atoms with E-state index in [0.717, 1.165) is 14.7 Å². The lowest BCUT2D eigenvalue weighted by molar-refractivity contribution is -0.114. The summed E-state index contributed by atoms with van der Waals surface area (Å²) in [6.07, 6.45) is -0.0345. The fraction of sp³-hybridized carbons (Fsp3) is 0.316. The Labute approximate surface area is 164 Å². The van der Waals surface area contributed by atoms with Gasteiger partial charge in [0.05, 0.1) is 11.8 Å². The summed E-state index contributed by atoms with van der Waals surface area (Å²) in [5.74, 6) is -0.789. The summed E-state index contributed by atoms with van der Waals surface area (Å²) in [5.41, 5.74) is 0.238. The highest BCUT2D eigenvalue weighted by molar-refractivity contribution is 7.90. The molecule has 7 nitrogen and oxygen atoms in total. The van der Waals surface area contributed by atoms with Crippen LogP contribution in [-0.4, -0.2) is 45.4 Å². The highest BCUT2D eigenvalue weighted by Gasteiger charge is 2.29. The largest absolute Gasteiger partial charge is 0.491 e. The van der Waals surface area contributed by atoms with Gasteiger partial charge in [-0.25, -0.2) is 8.70 Å². The van der Waals surface area contributed by atoms with E-state index < -0.39 is 28.5 Å². The number of rotatable bonds is 8. The van der Waals surface area contributed by atoms with Crippen LogP contribution in [0, 0.1) is 5.82 Å². The zero-order chi connectivity index (χ0) is 20.9. The Hall–Kier alpha value is -2.65. The summed E-state index contributed by atoms with van der Waals surface area (Å²) in [6.45, 7) is 3.17. The molecule has 0 aromatic heterocycles. The first-order valence-corrected chi connectivity index (χ1v) is 10.0. The molecule has 2 aromatic carbocycles. The van der Waals surface area contributed by atoms with Gasteiger partial charge in [0.15, 0.2) is 0 Å². The third kappa shape index (κ3) is 5.43. The Kier molecular flexibility index (Phi) is 6.98. The molecule has 0 bridgehead atoms. The molecular weight excluding hydrogens is 385 g/mol. The predicted octanol–water partition coefficient (Wildman–Crippen LogP) is 2.86. The summed E-state index contributed by atoms with van der Waals surface area (Å²) in [6, 6.07) is 12.1. The number of amides is 1. The fourth-order valence-corrected chi connectivity index (χ4v) is 3.46. The number of para-hydroxylation sites is 1. The number of hydrogen-bond donors (Lipinski definition) is 1. The van der Waals surface area contributed by atoms with Gasteiger partial charge in [-0.1, -0.05) is 18.2 Å². The van der Waals surface area contributed by atoms with E-state index in [1.807, 2.05) is 13.8 Å². The van der Waals surface area contributed by atoms with Crippen molar-refractivity contribution in [2.24, 2.45) is 0 Å². The molecule has 1 amide bonds. The van der Waals surface area contributed by atoms with Gasteiger partial charge in [0.2, 0.25) is 5.91 Å². The molecule has 0 aliphatic rings. The number of carbonyl (C=O) groups excluding carboxylic acids is 1. The maximum Gasteiger partial charge on any atom is 0.304 e. The van der Waals surface area contributed by atoms with Crippen LogP contribution in [0.4, 0.5) is 15.8 Å². The van der Waals surface area contributed by atoms with E-state index in [1.54, 1.807) is 24.3 Å². The molecule has 0 saturated carbocycles. The van der Waals surface area contributed by atoms with Crippen LogP contribution >= 0.6 is 0 Å². The molecule has 0 radical (unpaired) electrons. The number of halogens is 1. The van der Waals surface area contributed by atoms with Gasteiger partial charge in [-0.3, -0.25) is 4.79 Å². The van der Waals surface area contributed by atoms with Crippen molar-refractivity contribution in [3.63, 3.8) is 0 Å². The lowest BCUT2D eigenvalue weighted by Gasteiger charge is -2.27. The molecule has 0 heterocycles. The minimum Gasteiger partial charge on any atom is -0.491 e. The Morgan fingerprint density at radius 3 is 2.43 bits per heavy atom. The summed E-state index contributed by atoms with van der Waals surface area (Å²) >= 11 is 0. The number of hydrogen-bond acceptors (Lipinski definition) is 4. The first-order chi connectivity index (χ1) is 13.1. The quantitative estimate of drug-likeness (QED) is 0.727. The van der Waals surface area contributed by atoms with Gasteiger partial charge in [0.25, 0.3) is 0 Å². The third-order valence-electron chi connectivity index (χ3n) is 3.64. The minimum absolute atomic E-state index is 0.0345. The average molecular weight is 409 g/mol. The third-order valence-corrected chi connectivity index (χ3v) is 5.44. The molecule has 0 atom stereocenters. The lowest BCUT2D eigenvalue weighted by Crippen LogP contribution is -2.44. The first kappa shape index (κ1) is 21.6. The smallest absolute Gasteiger partial charge is 0.304 e. The average Bonchev–Trinajstić information content (AvgIpc) is 2.60. The van der Waals surface area contributed by atoms with Crippen LogP contribution in [0.15, 0.2) is 48.5 Å². The Morgan fingerprint density at radius 2 is 1.82 bits per heavy atom. The molecule has 0 spiro atoms. The van der Waals surface area contributed by atoms with E-state index in [2.05, 4.69) is 5.32 Å². The Balaban J connectivity index is 2.25. The van der Waals surface area contributed by atoms with Crippen LogP contribution in [0.25, 0.3) is 0 Å². The van der Waals surface area contributed by atoms with Crippen LogP contribution in [0.5, 0.6) is 5.75 Å². The van der Waals surface area contributed by atoms with Gasteiger partial charge in [-0.15, -0.1) is 0 Å². The van der Waals surface area contributed by atoms with Crippen LogP contribution in [-0.2, 0) is 15.0 Å². The molecule has 2 aromatic rings. The highest BCUT2D eigenvalue weighted by atomic mass is 32.2. The van der Waals surface area contributed by atoms with Crippen molar-refractivity contribution in [1.29, 1.82) is 0 Å². The fourth-order valence-electron chi connectivity index (χ4n) is 2.39. The molecule has 0 unspecified atom stereocenters. The number of nitrogens with one attached hydrogen (secondary N) is 1. The lowest BCUT2D eigenvalue weighted by atomic mass is 10.3. The van der Waals surface area contributed by atoms with Crippen molar-refractivity contribution in [3.8, 4) is 5.75 Å². The molecule has 2 rings (SSSR count). The summed E-state index contributed by atoms with van der Waals surface area (Å²) in [7, 11) is -1.46. The van der Waals surface area contributed by atoms with Crippen molar-refractivity contribution >= 4 is 27.5 Å². The van der Waals surface area contributed by atoms with Crippen molar-refractivity contribution < 1.29 is 22.3 Å². The minimum atomic E-state index is -4.08. The number of anilines is 2. The van der Waals surface area contributed by atoms with Crippen molar-refractivity contribution in [2.75, 3.05) is 30.3 Å². The van der Waals surface area contributed by atoms with Crippen LogP contribution in [0.2, 0.25) is 0 Å². The highest BCUT2D eigenvalue weighted by Crippen LogP contribution is 2.23. The second-order valence-electron chi connectivity index (χ2n) is 6.49. The molecule has 152 valence electrons. The predicted molar refractivity (Wildman–Crippen MR) is 107 cm³/mol. The molecular formula is C19H24FN3O4S. The number of nitrogens with zero attached hydrogens (tertiary/aromatic N) is 2. The number of ether oxygens (including phenoxy) is 1. The first-order valence-electron chi connectivity index (χ1n) is 8.62. The van der Waals surface area contributed by atoms with Crippen LogP contribution in [0.1, 0.15) is 13.8 Å². The van der Waals surface area contributed by atoms with E-state index in [0.29, 0.717) is 11.4 Å². The van der Waals surface area contributed by atoms with Gasteiger partial charge in [-0.2, -0.15) is 12.7 Å². The van der Waals surface area contributed by atoms with E-state index >= 15 is 0 Å². The van der Waals surface area contributed by atoms with Crippen LogP contribution in [0.3, 0.4) is 0 Å². The number of carbonyl (C=O) groups is 1. The standard InChI is InChI=1S/C19H24FN3O4S/c1-14(2)27-16-9-7-8-15(12-16)21-19(24)13-23(28(25,26)22(3)4)18-11-6-5-10-17(18)20/h5-12,14H,13H2,1-4H3,(H,21,24). The second-order valence-corrected chi connectivity index (χ2v) is 8.56. The van der Waals surface area contributed by atoms with E-state index in [-0.39, 0.29) is 11.8 Å². The van der Waals surface area contributed by atoms with Crippen LogP contribution < -0.4 is 14.4 Å². The van der Waals surface area contributed by atoms with Crippen molar-refractivity contribution in [2.45, 2.75) is 20.0 Å². The second kappa shape index (κ2) is 9.03. The zero-order valence-corrected chi connectivity index (χ0v) is 17.0. The normalized spacial score (nSPS) is 11.5. The molecule has 0 aliphatic heterocycles. The maximum absolute atomic E-state index is 14.2. The molecule has 0 aliphatic carbocycles. The summed E-state index contributed by atoms with van der Waals surface area (Å²) < 4.78 is 46.7. The Bertz CT molecular complexity index is 932. The maximum atomic E-state index is 14.2. The summed E-state index contributed by atoms with van der Waals surface area (Å²) in [4.78, 5) is 12.5. The van der Waals surface area contributed by atoms with Crippen molar-refractivity contribution in [3.05, 3.63) is 54.3 Å². The zero-order valence-electron chi connectivity index (χ0n) is 16.2. The Morgan fingerprint density at radius 1 is 1.14 bits per heavy atom. The van der Waals surface area contributed by atoms with E-state index in [4.69, 9.17) is 4.74 Å². The van der Waals surface area contributed by atoms with Crippen molar-refractivity contribution in [1.82, 2.24) is 4.31 Å². The SMILES string of the molecule is CC(C)Oc1cccc(NC(=O)CN(c2ccccc2F)S(=O)(=O)N(C)C)c1. The number of benzene rings is 2. The van der Waals surface area contributed by atoms with E-state index in [1.165, 1.54) is 32.3 Å². The topological polar surface area (TPSA) is 79.0 Å². The van der Waals surface area contributed by atoms with Gasteiger partial charge >= 0.3 is 10.2 Å². The van der Waals surface area contributed by atoms with Gasteiger partial charge in [0.1, 0.15) is 18.1 Å². The van der Waals surface area contributed by atoms with Gasteiger partial charge in [0, 0.05) is 25.8 Å². The monoisotopic (exact) mass is 409 g/mol. The molecule has 9 heteroatoms. The summed E-state index contributed by atoms with van der Waals surface area (Å²) in [5, 5.41) is 2.62. The van der Waals surface area contributed by atoms with E-state index in [9.17, 15) is 17.6 Å². The van der Waals surface area contributed by atoms with Gasteiger partial charge < -0.3 is 10.1 Å². The molecule has 1 N–H and O–H groups in total. The van der Waals surface area contributed by atoms with Gasteiger partial charge in [-0.05, 0) is 38.1 Å². The molecule has 0 fully saturated rings. The molecule has 0 saturated heterocycles. The molecule has 28 heavy (non-hydrogen) atoms.